The summed E-state index contributed by atoms with van der Waals surface area (Å²) in [6, 6.07) is 3.76. The maximum Gasteiger partial charge on any atom is 0.414 e. The molecule has 0 fully saturated rings. The molecule has 0 saturated carbocycles. The minimum atomic E-state index is -4.13. The van der Waals surface area contributed by atoms with E-state index in [4.69, 9.17) is 4.18 Å². The van der Waals surface area contributed by atoms with Crippen molar-refractivity contribution in [3.63, 3.8) is 0 Å². The molecule has 0 saturated heterocycles. The smallest absolute Gasteiger partial charge is 0.366 e. The molecule has 0 unspecified atom stereocenters. The Balaban J connectivity index is 2.42. The number of aryl methyl sites for hydroxylation is 2. The first-order valence-corrected chi connectivity index (χ1v) is 6.88. The Morgan fingerprint density at radius 3 is 2.60 bits per heavy atom. The van der Waals surface area contributed by atoms with Gasteiger partial charge in [-0.25, -0.2) is 4.98 Å². The summed E-state index contributed by atoms with van der Waals surface area (Å²) in [5.74, 6) is 0.139. The van der Waals surface area contributed by atoms with Gasteiger partial charge >= 0.3 is 10.3 Å². The van der Waals surface area contributed by atoms with Crippen LogP contribution in [0.25, 0.3) is 0 Å². The Labute approximate surface area is 115 Å². The molecule has 0 bridgehead atoms. The maximum absolute atomic E-state index is 12.0. The van der Waals surface area contributed by atoms with Crippen LogP contribution in [0.4, 0.5) is 5.69 Å². The third-order valence-corrected chi connectivity index (χ3v) is 3.86. The molecule has 20 heavy (non-hydrogen) atoms. The molecule has 2 rings (SSSR count). The number of hydrogen-bond acceptors (Lipinski definition) is 6. The lowest BCUT2D eigenvalue weighted by atomic mass is 10.2. The van der Waals surface area contributed by atoms with Crippen LogP contribution in [-0.2, 0) is 10.3 Å². The number of imidazole rings is 1. The maximum atomic E-state index is 12.0. The largest absolute Gasteiger partial charge is 0.414 e. The fourth-order valence-electron chi connectivity index (χ4n) is 1.55. The Morgan fingerprint density at radius 1 is 1.35 bits per heavy atom. The van der Waals surface area contributed by atoms with Gasteiger partial charge in [0.25, 0.3) is 5.69 Å². The number of nitro benzene ring substituents is 1. The summed E-state index contributed by atoms with van der Waals surface area (Å²) < 4.78 is 29.9. The first kappa shape index (κ1) is 14.0. The molecule has 2 aromatic rings. The van der Waals surface area contributed by atoms with E-state index < -0.39 is 15.2 Å². The number of non-ortho nitro benzene ring substituents is 1. The van der Waals surface area contributed by atoms with Gasteiger partial charge in [0.1, 0.15) is 5.82 Å². The SMILES string of the molecule is Cc1ccc([N+](=O)[O-])cc1OS(=O)(=O)n1ccnc1C. The van der Waals surface area contributed by atoms with Crippen molar-refractivity contribution in [1.82, 2.24) is 8.96 Å². The summed E-state index contributed by atoms with van der Waals surface area (Å²) in [5, 5.41) is 10.7. The van der Waals surface area contributed by atoms with Crippen molar-refractivity contribution in [3.05, 3.63) is 52.1 Å². The van der Waals surface area contributed by atoms with E-state index in [2.05, 4.69) is 4.98 Å². The lowest BCUT2D eigenvalue weighted by Gasteiger charge is -2.10. The molecule has 8 nitrogen and oxygen atoms in total. The number of hydrogen-bond donors (Lipinski definition) is 0. The normalized spacial score (nSPS) is 11.3. The topological polar surface area (TPSA) is 104 Å². The van der Waals surface area contributed by atoms with Crippen molar-refractivity contribution in [3.8, 4) is 5.75 Å². The third kappa shape index (κ3) is 2.62. The van der Waals surface area contributed by atoms with Gasteiger partial charge in [0, 0.05) is 18.5 Å². The zero-order valence-electron chi connectivity index (χ0n) is 10.7. The van der Waals surface area contributed by atoms with Gasteiger partial charge in [-0.2, -0.15) is 12.4 Å². The van der Waals surface area contributed by atoms with Crippen molar-refractivity contribution in [2.45, 2.75) is 13.8 Å². The number of nitrogens with zero attached hydrogens (tertiary/aromatic N) is 3. The lowest BCUT2D eigenvalue weighted by Crippen LogP contribution is -2.20. The predicted molar refractivity (Wildman–Crippen MR) is 69.7 cm³/mol. The van der Waals surface area contributed by atoms with Gasteiger partial charge in [-0.3, -0.25) is 10.1 Å². The molecule has 9 heteroatoms. The van der Waals surface area contributed by atoms with Crippen molar-refractivity contribution in [2.75, 3.05) is 0 Å². The van der Waals surface area contributed by atoms with Gasteiger partial charge < -0.3 is 4.18 Å². The molecule has 1 aromatic heterocycles. The third-order valence-electron chi connectivity index (χ3n) is 2.60. The summed E-state index contributed by atoms with van der Waals surface area (Å²) in [7, 11) is -4.13. The number of nitro groups is 1. The summed E-state index contributed by atoms with van der Waals surface area (Å²) in [6.07, 6.45) is 2.55. The number of rotatable bonds is 4. The summed E-state index contributed by atoms with van der Waals surface area (Å²) in [4.78, 5) is 13.9. The average Bonchev–Trinajstić information content (AvgIpc) is 2.78. The Morgan fingerprint density at radius 2 is 2.05 bits per heavy atom. The van der Waals surface area contributed by atoms with E-state index in [1.807, 2.05) is 0 Å². The second-order valence-corrected chi connectivity index (χ2v) is 5.43. The highest BCUT2D eigenvalue weighted by Crippen LogP contribution is 2.25. The zero-order valence-corrected chi connectivity index (χ0v) is 11.5. The highest BCUT2D eigenvalue weighted by molar-refractivity contribution is 7.85. The summed E-state index contributed by atoms with van der Waals surface area (Å²) >= 11 is 0. The van der Waals surface area contributed by atoms with Crippen molar-refractivity contribution >= 4 is 16.0 Å². The van der Waals surface area contributed by atoms with Crippen LogP contribution in [0.1, 0.15) is 11.4 Å². The molecule has 0 radical (unpaired) electrons. The molecule has 106 valence electrons. The molecule has 1 heterocycles. The Kier molecular flexibility index (Phi) is 3.45. The molecule has 0 atom stereocenters. The minimum absolute atomic E-state index is 0.0905. The van der Waals surface area contributed by atoms with Crippen LogP contribution < -0.4 is 4.18 Å². The van der Waals surface area contributed by atoms with Crippen molar-refractivity contribution < 1.29 is 17.5 Å². The first-order chi connectivity index (χ1) is 9.31. The van der Waals surface area contributed by atoms with Crippen LogP contribution >= 0.6 is 0 Å². The van der Waals surface area contributed by atoms with E-state index in [9.17, 15) is 18.5 Å². The van der Waals surface area contributed by atoms with Gasteiger partial charge in [0.05, 0.1) is 11.0 Å². The molecule has 0 aliphatic heterocycles. The van der Waals surface area contributed by atoms with Gasteiger partial charge in [-0.15, -0.1) is 0 Å². The highest BCUT2D eigenvalue weighted by atomic mass is 32.2. The van der Waals surface area contributed by atoms with Gasteiger partial charge in [-0.1, -0.05) is 0 Å². The van der Waals surface area contributed by atoms with Crippen LogP contribution in [0.3, 0.4) is 0 Å². The second-order valence-electron chi connectivity index (χ2n) is 4.02. The summed E-state index contributed by atoms with van der Waals surface area (Å²) in [6.45, 7) is 3.09. The average molecular weight is 297 g/mol. The minimum Gasteiger partial charge on any atom is -0.366 e. The van der Waals surface area contributed by atoms with E-state index in [1.54, 1.807) is 6.92 Å². The lowest BCUT2D eigenvalue weighted by molar-refractivity contribution is -0.384. The fraction of sp³-hybridized carbons (Fsp3) is 0.182. The second kappa shape index (κ2) is 4.93. The van der Waals surface area contributed by atoms with E-state index >= 15 is 0 Å². The van der Waals surface area contributed by atoms with Crippen LogP contribution in [0, 0.1) is 24.0 Å². The quantitative estimate of drug-likeness (QED) is 0.626. The molecule has 0 N–H and O–H groups in total. The molecular weight excluding hydrogens is 286 g/mol. The molecule has 0 aliphatic carbocycles. The van der Waals surface area contributed by atoms with Gasteiger partial charge in [0.2, 0.25) is 0 Å². The molecular formula is C11H11N3O5S. The molecule has 0 aliphatic rings. The van der Waals surface area contributed by atoms with E-state index in [0.29, 0.717) is 5.56 Å². The van der Waals surface area contributed by atoms with Crippen LogP contribution in [0.5, 0.6) is 5.75 Å². The molecule has 0 spiro atoms. The standard InChI is InChI=1S/C11H11N3O5S/c1-8-3-4-10(14(15)16)7-11(8)19-20(17,18)13-6-5-12-9(13)2/h3-7H,1-2H3. The van der Waals surface area contributed by atoms with Crippen LogP contribution in [-0.4, -0.2) is 22.3 Å². The van der Waals surface area contributed by atoms with E-state index in [-0.39, 0.29) is 17.3 Å². The number of benzene rings is 1. The molecule has 0 amide bonds. The number of aromatic nitrogens is 2. The van der Waals surface area contributed by atoms with Crippen LogP contribution in [0.2, 0.25) is 0 Å². The van der Waals surface area contributed by atoms with E-state index in [0.717, 1.165) is 10.0 Å². The van der Waals surface area contributed by atoms with Gasteiger partial charge in [0.15, 0.2) is 5.75 Å². The van der Waals surface area contributed by atoms with Crippen molar-refractivity contribution in [1.29, 1.82) is 0 Å². The Hall–Kier alpha value is -2.42. The predicted octanol–water partition coefficient (Wildman–Crippen LogP) is 1.58. The monoisotopic (exact) mass is 297 g/mol. The fourth-order valence-corrected chi connectivity index (χ4v) is 2.61. The van der Waals surface area contributed by atoms with Gasteiger partial charge in [-0.05, 0) is 25.5 Å². The summed E-state index contributed by atoms with van der Waals surface area (Å²) in [5.41, 5.74) is 0.222. The molecule has 1 aromatic carbocycles. The first-order valence-electron chi connectivity index (χ1n) is 5.51. The zero-order chi connectivity index (χ0) is 14.9. The van der Waals surface area contributed by atoms with E-state index in [1.165, 1.54) is 31.5 Å². The van der Waals surface area contributed by atoms with Crippen LogP contribution in [0.15, 0.2) is 30.6 Å². The van der Waals surface area contributed by atoms with Crippen molar-refractivity contribution in [2.24, 2.45) is 0 Å². The Bertz CT molecular complexity index is 766. The highest BCUT2D eigenvalue weighted by Gasteiger charge is 2.20.